The third kappa shape index (κ3) is 2.10. The third-order valence-electron chi connectivity index (χ3n) is 2.79. The van der Waals surface area contributed by atoms with Crippen LogP contribution in [-0.2, 0) is 6.54 Å². The molecule has 3 N–H and O–H groups in total. The largest absolute Gasteiger partial charge is 0.335 e. The summed E-state index contributed by atoms with van der Waals surface area (Å²) in [5, 5.41) is 3.74. The minimum atomic E-state index is -0.406. The molecule has 18 heavy (non-hydrogen) atoms. The number of nitrogens with zero attached hydrogens (tertiary/aromatic N) is 3. The molecule has 6 heteroatoms. The number of aromatic nitrogens is 2. The Bertz CT molecular complexity index is 587. The van der Waals surface area contributed by atoms with Crippen LogP contribution >= 0.6 is 11.6 Å². The second kappa shape index (κ2) is 4.44. The van der Waals surface area contributed by atoms with Crippen molar-refractivity contribution in [2.24, 2.45) is 10.7 Å². The van der Waals surface area contributed by atoms with Gasteiger partial charge in [0.25, 0.3) is 0 Å². The topological polar surface area (TPSA) is 68.2 Å². The molecule has 0 amide bonds. The van der Waals surface area contributed by atoms with E-state index in [-0.39, 0.29) is 0 Å². The number of nitrogens with one attached hydrogen (secondary N) is 1. The molecule has 0 fully saturated rings. The average Bonchev–Trinajstić information content (AvgIpc) is 2.74. The number of anilines is 1. The summed E-state index contributed by atoms with van der Waals surface area (Å²) in [5.41, 5.74) is 7.75. The number of aliphatic imine (C=N–C) groups is 1. The lowest BCUT2D eigenvalue weighted by molar-refractivity contribution is 0.771. The minimum Gasteiger partial charge on any atom is -0.335 e. The van der Waals surface area contributed by atoms with Gasteiger partial charge < -0.3 is 9.88 Å². The number of hydrogen-bond donors (Lipinski definition) is 2. The Hall–Kier alpha value is -1.85. The Balaban J connectivity index is 1.87. The summed E-state index contributed by atoms with van der Waals surface area (Å²) in [4.78, 5) is 8.39. The van der Waals surface area contributed by atoms with Crippen LogP contribution < -0.4 is 11.1 Å². The average molecular weight is 262 g/mol. The molecule has 1 unspecified atom stereocenters. The lowest BCUT2D eigenvalue weighted by Crippen LogP contribution is -2.30. The molecule has 0 radical (unpaired) electrons. The van der Waals surface area contributed by atoms with E-state index in [1.54, 1.807) is 12.5 Å². The Kier molecular flexibility index (Phi) is 2.77. The second-order valence-corrected chi connectivity index (χ2v) is 4.54. The van der Waals surface area contributed by atoms with Crippen molar-refractivity contribution >= 4 is 23.6 Å². The molecule has 2 heterocycles. The summed E-state index contributed by atoms with van der Waals surface area (Å²) >= 11 is 5.86. The van der Waals surface area contributed by atoms with Crippen molar-refractivity contribution in [2.75, 3.05) is 5.32 Å². The lowest BCUT2D eigenvalue weighted by atomic mass is 10.2. The Morgan fingerprint density at radius 2 is 2.11 bits per heavy atom. The van der Waals surface area contributed by atoms with Crippen LogP contribution in [-0.4, -0.2) is 22.1 Å². The van der Waals surface area contributed by atoms with Gasteiger partial charge in [-0.25, -0.2) is 4.98 Å². The van der Waals surface area contributed by atoms with Gasteiger partial charge in [-0.3, -0.25) is 10.7 Å². The van der Waals surface area contributed by atoms with Gasteiger partial charge in [-0.15, -0.1) is 0 Å². The molecular weight excluding hydrogens is 250 g/mol. The molecule has 0 saturated carbocycles. The fourth-order valence-electron chi connectivity index (χ4n) is 1.88. The Morgan fingerprint density at radius 3 is 2.89 bits per heavy atom. The molecule has 5 nitrogen and oxygen atoms in total. The molecule has 1 atom stereocenters. The van der Waals surface area contributed by atoms with Crippen LogP contribution in [0.5, 0.6) is 0 Å². The number of fused-ring (bicyclic) bond motifs is 1. The second-order valence-electron chi connectivity index (χ2n) is 4.10. The quantitative estimate of drug-likeness (QED) is 0.864. The summed E-state index contributed by atoms with van der Waals surface area (Å²) in [7, 11) is 0. The van der Waals surface area contributed by atoms with Crippen LogP contribution in [0.25, 0.3) is 0 Å². The molecule has 1 aromatic heterocycles. The van der Waals surface area contributed by atoms with E-state index in [1.807, 2.05) is 28.8 Å². The van der Waals surface area contributed by atoms with Gasteiger partial charge in [0.15, 0.2) is 12.1 Å². The van der Waals surface area contributed by atoms with Crippen LogP contribution in [0, 0.1) is 0 Å². The zero-order chi connectivity index (χ0) is 12.5. The van der Waals surface area contributed by atoms with Gasteiger partial charge in [-0.05, 0) is 17.7 Å². The molecule has 1 aliphatic rings. The molecule has 0 aliphatic carbocycles. The number of rotatable bonds is 2. The molecule has 1 aliphatic heterocycles. The Morgan fingerprint density at radius 1 is 1.33 bits per heavy atom. The molecular formula is C12H12ClN5. The van der Waals surface area contributed by atoms with E-state index in [0.717, 1.165) is 28.6 Å². The molecule has 2 aromatic rings. The molecule has 0 saturated heterocycles. The first-order valence-electron chi connectivity index (χ1n) is 5.57. The number of halogens is 1. The van der Waals surface area contributed by atoms with Crippen LogP contribution in [0.2, 0.25) is 5.02 Å². The van der Waals surface area contributed by atoms with Gasteiger partial charge in [-0.1, -0.05) is 23.7 Å². The van der Waals surface area contributed by atoms with Crippen molar-refractivity contribution in [2.45, 2.75) is 12.8 Å². The molecule has 1 aromatic carbocycles. The number of nitrogens with two attached hydrogens (primary N) is 1. The number of benzene rings is 1. The fraction of sp³-hybridized carbons (Fsp3) is 0.167. The standard InChI is InChI=1S/C12H12ClN5/c13-9-3-1-8(2-4-9)6-18-7-16-11-10(18)5-15-12(14)17-11/h1-5,7,12,17H,6,14H2. The van der Waals surface area contributed by atoms with Crippen molar-refractivity contribution in [3.63, 3.8) is 0 Å². The van der Waals surface area contributed by atoms with E-state index in [2.05, 4.69) is 15.3 Å². The van der Waals surface area contributed by atoms with E-state index in [4.69, 9.17) is 17.3 Å². The van der Waals surface area contributed by atoms with E-state index >= 15 is 0 Å². The smallest absolute Gasteiger partial charge is 0.172 e. The highest BCUT2D eigenvalue weighted by atomic mass is 35.5. The highest BCUT2D eigenvalue weighted by molar-refractivity contribution is 6.30. The summed E-state index contributed by atoms with van der Waals surface area (Å²) in [6, 6.07) is 7.74. The summed E-state index contributed by atoms with van der Waals surface area (Å²) in [6.07, 6.45) is 3.12. The van der Waals surface area contributed by atoms with Gasteiger partial charge in [0.1, 0.15) is 5.69 Å². The molecule has 0 spiro atoms. The van der Waals surface area contributed by atoms with Crippen molar-refractivity contribution in [1.29, 1.82) is 0 Å². The van der Waals surface area contributed by atoms with Gasteiger partial charge in [-0.2, -0.15) is 0 Å². The Labute approximate surface area is 109 Å². The highest BCUT2D eigenvalue weighted by Crippen LogP contribution is 2.18. The molecule has 0 bridgehead atoms. The van der Waals surface area contributed by atoms with E-state index in [0.29, 0.717) is 0 Å². The maximum absolute atomic E-state index is 5.86. The maximum atomic E-state index is 5.86. The van der Waals surface area contributed by atoms with Gasteiger partial charge >= 0.3 is 0 Å². The van der Waals surface area contributed by atoms with Crippen LogP contribution in [0.3, 0.4) is 0 Å². The predicted molar refractivity (Wildman–Crippen MR) is 72.0 cm³/mol. The van der Waals surface area contributed by atoms with E-state index in [9.17, 15) is 0 Å². The predicted octanol–water partition coefficient (Wildman–Crippen LogP) is 1.67. The molecule has 3 rings (SSSR count). The van der Waals surface area contributed by atoms with Crippen LogP contribution in [0.1, 0.15) is 11.3 Å². The monoisotopic (exact) mass is 261 g/mol. The van der Waals surface area contributed by atoms with Gasteiger partial charge in [0.2, 0.25) is 0 Å². The highest BCUT2D eigenvalue weighted by Gasteiger charge is 2.15. The zero-order valence-electron chi connectivity index (χ0n) is 9.55. The van der Waals surface area contributed by atoms with Crippen molar-refractivity contribution < 1.29 is 0 Å². The third-order valence-corrected chi connectivity index (χ3v) is 3.04. The van der Waals surface area contributed by atoms with E-state index in [1.165, 1.54) is 0 Å². The molecule has 92 valence electrons. The maximum Gasteiger partial charge on any atom is 0.172 e. The lowest BCUT2D eigenvalue weighted by Gasteiger charge is -2.15. The number of hydrogen-bond acceptors (Lipinski definition) is 4. The van der Waals surface area contributed by atoms with Crippen LogP contribution in [0.15, 0.2) is 35.6 Å². The first-order chi connectivity index (χ1) is 8.72. The zero-order valence-corrected chi connectivity index (χ0v) is 10.3. The van der Waals surface area contributed by atoms with Gasteiger partial charge in [0, 0.05) is 11.6 Å². The minimum absolute atomic E-state index is 0.406. The summed E-state index contributed by atoms with van der Waals surface area (Å²) in [6.45, 7) is 0.725. The normalized spacial score (nSPS) is 17.3. The van der Waals surface area contributed by atoms with Crippen LogP contribution in [0.4, 0.5) is 5.82 Å². The van der Waals surface area contributed by atoms with E-state index < -0.39 is 6.29 Å². The SMILES string of the molecule is NC1N=Cc2c(ncn2Cc2ccc(Cl)cc2)N1. The summed E-state index contributed by atoms with van der Waals surface area (Å²) < 4.78 is 2.01. The van der Waals surface area contributed by atoms with Crippen molar-refractivity contribution in [1.82, 2.24) is 9.55 Å². The van der Waals surface area contributed by atoms with Gasteiger partial charge in [0.05, 0.1) is 12.5 Å². The first-order valence-corrected chi connectivity index (χ1v) is 5.95. The fourth-order valence-corrected chi connectivity index (χ4v) is 2.01. The first kappa shape index (κ1) is 11.3. The summed E-state index contributed by atoms with van der Waals surface area (Å²) in [5.74, 6) is 0.770. The number of imidazole rings is 1. The van der Waals surface area contributed by atoms with Crippen molar-refractivity contribution in [3.05, 3.63) is 46.9 Å². The van der Waals surface area contributed by atoms with Crippen molar-refractivity contribution in [3.8, 4) is 0 Å².